The van der Waals surface area contributed by atoms with E-state index in [-0.39, 0.29) is 5.56 Å². The Labute approximate surface area is 103 Å². The third-order valence-electron chi connectivity index (χ3n) is 2.12. The van der Waals surface area contributed by atoms with Crippen LogP contribution in [0.3, 0.4) is 0 Å². The summed E-state index contributed by atoms with van der Waals surface area (Å²) >= 11 is 1.47. The van der Waals surface area contributed by atoms with Gasteiger partial charge in [0, 0.05) is 5.75 Å². The Hall–Kier alpha value is -1.75. The molecule has 0 aliphatic heterocycles. The summed E-state index contributed by atoms with van der Waals surface area (Å²) < 4.78 is 4.94. The van der Waals surface area contributed by atoms with E-state index in [1.807, 2.05) is 30.3 Å². The molecule has 2 aromatic rings. The number of aromatic nitrogens is 2. The highest BCUT2D eigenvalue weighted by atomic mass is 32.2. The lowest BCUT2D eigenvalue weighted by Gasteiger charge is -2.03. The summed E-state index contributed by atoms with van der Waals surface area (Å²) in [6.45, 7) is 0. The highest BCUT2D eigenvalue weighted by Gasteiger charge is 2.02. The maximum Gasteiger partial charge on any atom is 0.255 e. The second-order valence-electron chi connectivity index (χ2n) is 3.37. The van der Waals surface area contributed by atoms with Crippen LogP contribution in [0.4, 0.5) is 0 Å². The SMILES string of the molecule is COc1cc(=O)[nH]c(SCc2ccccc2)n1. The van der Waals surface area contributed by atoms with Crippen LogP contribution in [0.15, 0.2) is 46.3 Å². The van der Waals surface area contributed by atoms with E-state index in [4.69, 9.17) is 4.74 Å². The molecule has 2 rings (SSSR count). The Morgan fingerprint density at radius 1 is 1.35 bits per heavy atom. The number of nitrogens with zero attached hydrogens (tertiary/aromatic N) is 1. The molecule has 1 N–H and O–H groups in total. The molecule has 0 atom stereocenters. The first-order valence-corrected chi connectivity index (χ1v) is 6.08. The van der Waals surface area contributed by atoms with E-state index >= 15 is 0 Å². The maximum absolute atomic E-state index is 11.3. The number of rotatable bonds is 4. The van der Waals surface area contributed by atoms with Crippen molar-refractivity contribution in [2.24, 2.45) is 0 Å². The first kappa shape index (κ1) is 11.7. The predicted octanol–water partition coefficient (Wildman–Crippen LogP) is 2.07. The first-order valence-electron chi connectivity index (χ1n) is 5.10. The van der Waals surface area contributed by atoms with E-state index in [1.54, 1.807) is 0 Å². The molecule has 0 unspecified atom stereocenters. The van der Waals surface area contributed by atoms with E-state index in [9.17, 15) is 4.79 Å². The fourth-order valence-corrected chi connectivity index (χ4v) is 2.14. The van der Waals surface area contributed by atoms with Gasteiger partial charge < -0.3 is 9.72 Å². The van der Waals surface area contributed by atoms with Crippen LogP contribution in [0, 0.1) is 0 Å². The van der Waals surface area contributed by atoms with E-state index in [2.05, 4.69) is 9.97 Å². The van der Waals surface area contributed by atoms with Crippen LogP contribution in [0.25, 0.3) is 0 Å². The highest BCUT2D eigenvalue weighted by molar-refractivity contribution is 7.98. The zero-order valence-corrected chi connectivity index (χ0v) is 10.2. The topological polar surface area (TPSA) is 55.0 Å². The minimum Gasteiger partial charge on any atom is -0.481 e. The van der Waals surface area contributed by atoms with Gasteiger partial charge in [0.2, 0.25) is 5.88 Å². The lowest BCUT2D eigenvalue weighted by molar-refractivity contribution is 0.391. The zero-order valence-electron chi connectivity index (χ0n) is 9.34. The molecule has 1 aromatic heterocycles. The summed E-state index contributed by atoms with van der Waals surface area (Å²) in [6.07, 6.45) is 0. The molecule has 88 valence electrons. The van der Waals surface area contributed by atoms with E-state index < -0.39 is 0 Å². The fraction of sp³-hybridized carbons (Fsp3) is 0.167. The molecule has 4 nitrogen and oxygen atoms in total. The summed E-state index contributed by atoms with van der Waals surface area (Å²) in [4.78, 5) is 18.1. The number of benzene rings is 1. The monoisotopic (exact) mass is 248 g/mol. The van der Waals surface area contributed by atoms with Crippen LogP contribution in [0.1, 0.15) is 5.56 Å². The number of thioether (sulfide) groups is 1. The lowest BCUT2D eigenvalue weighted by atomic mass is 10.2. The van der Waals surface area contributed by atoms with Crippen molar-refractivity contribution < 1.29 is 4.74 Å². The van der Waals surface area contributed by atoms with E-state index in [0.29, 0.717) is 11.0 Å². The minimum absolute atomic E-state index is 0.201. The standard InChI is InChI=1S/C12H12N2O2S/c1-16-11-7-10(15)13-12(14-11)17-8-9-5-3-2-4-6-9/h2-7H,8H2,1H3,(H,13,14,15). The van der Waals surface area contributed by atoms with Crippen LogP contribution >= 0.6 is 11.8 Å². The number of aromatic amines is 1. The summed E-state index contributed by atoms with van der Waals surface area (Å²) in [6, 6.07) is 11.3. The smallest absolute Gasteiger partial charge is 0.255 e. The van der Waals surface area contributed by atoms with Crippen molar-refractivity contribution >= 4 is 11.8 Å². The largest absolute Gasteiger partial charge is 0.481 e. The highest BCUT2D eigenvalue weighted by Crippen LogP contribution is 2.19. The molecule has 0 aliphatic rings. The second-order valence-corrected chi connectivity index (χ2v) is 4.33. The Morgan fingerprint density at radius 2 is 2.12 bits per heavy atom. The molecule has 17 heavy (non-hydrogen) atoms. The van der Waals surface area contributed by atoms with Crippen LogP contribution in [0.5, 0.6) is 5.88 Å². The third kappa shape index (κ3) is 3.35. The van der Waals surface area contributed by atoms with E-state index in [0.717, 1.165) is 5.75 Å². The summed E-state index contributed by atoms with van der Waals surface area (Å²) in [7, 11) is 1.49. The molecule has 5 heteroatoms. The number of H-pyrrole nitrogens is 1. The van der Waals surface area contributed by atoms with Crippen molar-refractivity contribution in [2.45, 2.75) is 10.9 Å². The van der Waals surface area contributed by atoms with Gasteiger partial charge in [-0.25, -0.2) is 0 Å². The lowest BCUT2D eigenvalue weighted by Crippen LogP contribution is -2.08. The van der Waals surface area contributed by atoms with Gasteiger partial charge in [-0.15, -0.1) is 0 Å². The van der Waals surface area contributed by atoms with Crippen LogP contribution in [-0.2, 0) is 5.75 Å². The summed E-state index contributed by atoms with van der Waals surface area (Å²) in [5, 5.41) is 0.568. The summed E-state index contributed by atoms with van der Waals surface area (Å²) in [5.41, 5.74) is 0.982. The fourth-order valence-electron chi connectivity index (χ4n) is 1.31. The molecular weight excluding hydrogens is 236 g/mol. The molecule has 0 saturated heterocycles. The Bertz CT molecular complexity index is 540. The van der Waals surface area contributed by atoms with Gasteiger partial charge in [-0.3, -0.25) is 4.79 Å². The minimum atomic E-state index is -0.201. The molecule has 0 fully saturated rings. The number of hydrogen-bond acceptors (Lipinski definition) is 4. The zero-order chi connectivity index (χ0) is 12.1. The van der Waals surface area contributed by atoms with Gasteiger partial charge in [0.25, 0.3) is 5.56 Å². The maximum atomic E-state index is 11.3. The van der Waals surface area contributed by atoms with Gasteiger partial charge in [-0.1, -0.05) is 42.1 Å². The molecular formula is C12H12N2O2S. The molecule has 0 saturated carbocycles. The van der Waals surface area contributed by atoms with Crippen LogP contribution in [-0.4, -0.2) is 17.1 Å². The van der Waals surface area contributed by atoms with Gasteiger partial charge >= 0.3 is 0 Å². The quantitative estimate of drug-likeness (QED) is 0.664. The van der Waals surface area contributed by atoms with Gasteiger partial charge in [0.15, 0.2) is 5.16 Å². The number of hydrogen-bond donors (Lipinski definition) is 1. The second kappa shape index (κ2) is 5.54. The van der Waals surface area contributed by atoms with Crippen molar-refractivity contribution in [3.8, 4) is 5.88 Å². The molecule has 0 spiro atoms. The number of ether oxygens (including phenoxy) is 1. The molecule has 0 amide bonds. The molecule has 0 radical (unpaired) electrons. The van der Waals surface area contributed by atoms with Gasteiger partial charge in [-0.05, 0) is 5.56 Å². The Kier molecular flexibility index (Phi) is 3.82. The molecule has 0 bridgehead atoms. The average molecular weight is 248 g/mol. The summed E-state index contributed by atoms with van der Waals surface area (Å²) in [5.74, 6) is 1.10. The Morgan fingerprint density at radius 3 is 2.82 bits per heavy atom. The van der Waals surface area contributed by atoms with Crippen LogP contribution < -0.4 is 10.3 Å². The average Bonchev–Trinajstić information content (AvgIpc) is 2.37. The normalized spacial score (nSPS) is 10.2. The van der Waals surface area contributed by atoms with Crippen molar-refractivity contribution in [1.82, 2.24) is 9.97 Å². The molecule has 1 heterocycles. The van der Waals surface area contributed by atoms with Gasteiger partial charge in [0.1, 0.15) is 0 Å². The Balaban J connectivity index is 2.09. The molecule has 0 aliphatic carbocycles. The van der Waals surface area contributed by atoms with Gasteiger partial charge in [-0.2, -0.15) is 4.98 Å². The van der Waals surface area contributed by atoms with Crippen molar-refractivity contribution in [3.63, 3.8) is 0 Å². The number of methoxy groups -OCH3 is 1. The van der Waals surface area contributed by atoms with E-state index in [1.165, 1.54) is 30.5 Å². The van der Waals surface area contributed by atoms with Crippen molar-refractivity contribution in [1.29, 1.82) is 0 Å². The van der Waals surface area contributed by atoms with Gasteiger partial charge in [0.05, 0.1) is 13.2 Å². The first-order chi connectivity index (χ1) is 8.28. The third-order valence-corrected chi connectivity index (χ3v) is 3.07. The van der Waals surface area contributed by atoms with Crippen LogP contribution in [0.2, 0.25) is 0 Å². The predicted molar refractivity (Wildman–Crippen MR) is 67.4 cm³/mol. The molecule has 1 aromatic carbocycles. The number of nitrogens with one attached hydrogen (secondary N) is 1. The van der Waals surface area contributed by atoms with Crippen molar-refractivity contribution in [3.05, 3.63) is 52.3 Å². The van der Waals surface area contributed by atoms with Crippen molar-refractivity contribution in [2.75, 3.05) is 7.11 Å².